The van der Waals surface area contributed by atoms with Gasteiger partial charge in [-0.3, -0.25) is 0 Å². The van der Waals surface area contributed by atoms with Crippen molar-refractivity contribution in [2.45, 2.75) is 23.8 Å². The van der Waals surface area contributed by atoms with E-state index in [9.17, 15) is 4.79 Å². The number of carbonyl (C=O) groups excluding carboxylic acids is 1. The van der Waals surface area contributed by atoms with Crippen molar-refractivity contribution in [3.05, 3.63) is 71.3 Å². The van der Waals surface area contributed by atoms with E-state index in [1.807, 2.05) is 30.5 Å². The van der Waals surface area contributed by atoms with Gasteiger partial charge in [-0.2, -0.15) is 0 Å². The highest BCUT2D eigenvalue weighted by Crippen LogP contribution is 2.51. The van der Waals surface area contributed by atoms with Crippen LogP contribution in [0.1, 0.15) is 34.0 Å². The van der Waals surface area contributed by atoms with Crippen LogP contribution in [0.2, 0.25) is 0 Å². The van der Waals surface area contributed by atoms with Crippen LogP contribution in [0.15, 0.2) is 59.5 Å². The number of fused-ring (bicyclic) bond motifs is 3. The number of carbonyl (C=O) groups is 1. The minimum absolute atomic E-state index is 0.329. The summed E-state index contributed by atoms with van der Waals surface area (Å²) >= 11 is 1.65. The summed E-state index contributed by atoms with van der Waals surface area (Å²) in [6.45, 7) is 0. The predicted molar refractivity (Wildman–Crippen MR) is 126 cm³/mol. The minimum Gasteiger partial charge on any atom is -0.493 e. The van der Waals surface area contributed by atoms with Gasteiger partial charge in [-0.25, -0.2) is 4.79 Å². The molecule has 0 fully saturated rings. The van der Waals surface area contributed by atoms with E-state index >= 15 is 0 Å². The van der Waals surface area contributed by atoms with Crippen molar-refractivity contribution in [1.29, 1.82) is 0 Å². The van der Waals surface area contributed by atoms with Gasteiger partial charge in [-0.1, -0.05) is 24.3 Å². The lowest BCUT2D eigenvalue weighted by molar-refractivity contribution is 0.0280. The molecule has 0 unspecified atom stereocenters. The number of esters is 1. The quantitative estimate of drug-likeness (QED) is 0.342. The molecule has 0 saturated carbocycles. The molecule has 0 heterocycles. The zero-order valence-corrected chi connectivity index (χ0v) is 19.5. The number of rotatable bonds is 6. The molecule has 166 valence electrons. The number of methoxy groups -OCH3 is 3. The van der Waals surface area contributed by atoms with Crippen LogP contribution in [-0.2, 0) is 11.2 Å². The van der Waals surface area contributed by atoms with Gasteiger partial charge in [-0.15, -0.1) is 11.8 Å². The highest BCUT2D eigenvalue weighted by atomic mass is 32.2. The summed E-state index contributed by atoms with van der Waals surface area (Å²) < 4.78 is 23.1. The predicted octanol–water partition coefficient (Wildman–Crippen LogP) is 5.95. The summed E-state index contributed by atoms with van der Waals surface area (Å²) in [6, 6.07) is 17.3. The van der Waals surface area contributed by atoms with Crippen LogP contribution in [0.25, 0.3) is 11.1 Å². The first kappa shape index (κ1) is 22.1. The zero-order valence-electron chi connectivity index (χ0n) is 18.6. The molecule has 6 heteroatoms. The lowest BCUT2D eigenvalue weighted by Gasteiger charge is -2.21. The van der Waals surface area contributed by atoms with E-state index in [1.54, 1.807) is 45.2 Å². The normalized spacial score (nSPS) is 14.6. The molecular formula is C26H26O5S. The van der Waals surface area contributed by atoms with Crippen molar-refractivity contribution in [2.24, 2.45) is 0 Å². The van der Waals surface area contributed by atoms with Gasteiger partial charge in [0.2, 0.25) is 5.75 Å². The van der Waals surface area contributed by atoms with Crippen LogP contribution in [0.3, 0.4) is 0 Å². The number of benzene rings is 3. The van der Waals surface area contributed by atoms with Gasteiger partial charge in [0, 0.05) is 16.0 Å². The number of hydrogen-bond acceptors (Lipinski definition) is 6. The molecule has 0 saturated heterocycles. The van der Waals surface area contributed by atoms with Crippen LogP contribution in [0.4, 0.5) is 0 Å². The summed E-state index contributed by atoms with van der Waals surface area (Å²) in [7, 11) is 4.85. The second-order valence-corrected chi connectivity index (χ2v) is 8.31. The standard InChI is InChI=1S/C26H26O5S/c1-28-22-14-17-10-13-21(31-26(27)16-8-6-5-7-9-16)20-15-18(32-4)11-12-19(20)23(17)25(30-3)24(22)29-2/h5-9,11-12,14-15,21H,10,13H2,1-4H3/t21-/m0/s1. The summed E-state index contributed by atoms with van der Waals surface area (Å²) in [5, 5.41) is 0. The Hall–Kier alpha value is -3.12. The average Bonchev–Trinajstić information content (AvgIpc) is 2.99. The lowest BCUT2D eigenvalue weighted by atomic mass is 9.94. The van der Waals surface area contributed by atoms with Crippen molar-refractivity contribution >= 4 is 17.7 Å². The fourth-order valence-corrected chi connectivity index (χ4v) is 4.65. The molecule has 0 N–H and O–H groups in total. The SMILES string of the molecule is COc1cc2c(c(OC)c1OC)-c1ccc(SC)cc1[C@@H](OC(=O)c1ccccc1)CC2. The molecule has 32 heavy (non-hydrogen) atoms. The largest absolute Gasteiger partial charge is 0.493 e. The molecule has 0 aromatic heterocycles. The molecule has 0 spiro atoms. The summed E-state index contributed by atoms with van der Waals surface area (Å²) in [6.07, 6.45) is 2.99. The fourth-order valence-electron chi connectivity index (χ4n) is 4.20. The van der Waals surface area contributed by atoms with E-state index in [1.165, 1.54) is 0 Å². The van der Waals surface area contributed by atoms with Crippen LogP contribution in [-0.4, -0.2) is 33.6 Å². The third-order valence-corrected chi connectivity index (χ3v) is 6.45. The van der Waals surface area contributed by atoms with Gasteiger partial charge in [0.1, 0.15) is 6.10 Å². The maximum atomic E-state index is 12.9. The van der Waals surface area contributed by atoms with Crippen molar-refractivity contribution in [3.63, 3.8) is 0 Å². The highest BCUT2D eigenvalue weighted by molar-refractivity contribution is 7.98. The first-order chi connectivity index (χ1) is 15.6. The molecule has 3 aromatic rings. The average molecular weight is 451 g/mol. The van der Waals surface area contributed by atoms with E-state index < -0.39 is 0 Å². The molecule has 0 amide bonds. The van der Waals surface area contributed by atoms with E-state index in [4.69, 9.17) is 18.9 Å². The number of ether oxygens (including phenoxy) is 4. The van der Waals surface area contributed by atoms with Crippen molar-refractivity contribution in [1.82, 2.24) is 0 Å². The molecule has 1 aliphatic rings. The Labute approximate surface area is 192 Å². The maximum Gasteiger partial charge on any atom is 0.338 e. The summed E-state index contributed by atoms with van der Waals surface area (Å²) in [4.78, 5) is 14.0. The van der Waals surface area contributed by atoms with Crippen molar-refractivity contribution in [2.75, 3.05) is 27.6 Å². The van der Waals surface area contributed by atoms with Gasteiger partial charge in [0.25, 0.3) is 0 Å². The Balaban J connectivity index is 1.86. The van der Waals surface area contributed by atoms with E-state index in [2.05, 4.69) is 18.2 Å². The van der Waals surface area contributed by atoms with Gasteiger partial charge in [0.15, 0.2) is 11.5 Å². The molecule has 1 atom stereocenters. The molecule has 0 aliphatic heterocycles. The Bertz CT molecular complexity index is 1130. The topological polar surface area (TPSA) is 54.0 Å². The van der Waals surface area contributed by atoms with Crippen LogP contribution in [0, 0.1) is 0 Å². The number of hydrogen-bond donors (Lipinski definition) is 0. The third-order valence-electron chi connectivity index (χ3n) is 5.72. The Morgan fingerprint density at radius 2 is 1.69 bits per heavy atom. The van der Waals surface area contributed by atoms with Crippen LogP contribution in [0.5, 0.6) is 17.2 Å². The number of aryl methyl sites for hydroxylation is 1. The fraction of sp³-hybridized carbons (Fsp3) is 0.269. The van der Waals surface area contributed by atoms with Crippen LogP contribution < -0.4 is 14.2 Å². The summed E-state index contributed by atoms with van der Waals surface area (Å²) in [5.41, 5.74) is 4.49. The smallest absolute Gasteiger partial charge is 0.338 e. The maximum absolute atomic E-state index is 12.9. The molecule has 4 rings (SSSR count). The second kappa shape index (κ2) is 9.57. The highest BCUT2D eigenvalue weighted by Gasteiger charge is 2.31. The van der Waals surface area contributed by atoms with Crippen molar-refractivity contribution < 1.29 is 23.7 Å². The molecule has 0 radical (unpaired) electrons. The van der Waals surface area contributed by atoms with Gasteiger partial charge >= 0.3 is 5.97 Å². The second-order valence-electron chi connectivity index (χ2n) is 7.43. The molecule has 0 bridgehead atoms. The van der Waals surface area contributed by atoms with E-state index in [0.29, 0.717) is 35.7 Å². The lowest BCUT2D eigenvalue weighted by Crippen LogP contribution is -2.12. The first-order valence-electron chi connectivity index (χ1n) is 10.4. The molecule has 1 aliphatic carbocycles. The van der Waals surface area contributed by atoms with Gasteiger partial charge < -0.3 is 18.9 Å². The van der Waals surface area contributed by atoms with E-state index in [0.717, 1.165) is 27.1 Å². The Kier molecular flexibility index (Phi) is 6.61. The monoisotopic (exact) mass is 450 g/mol. The molecule has 3 aromatic carbocycles. The van der Waals surface area contributed by atoms with Gasteiger partial charge in [0.05, 0.1) is 26.9 Å². The Morgan fingerprint density at radius 3 is 2.34 bits per heavy atom. The van der Waals surface area contributed by atoms with Gasteiger partial charge in [-0.05, 0) is 60.6 Å². The minimum atomic E-state index is -0.390. The van der Waals surface area contributed by atoms with Crippen LogP contribution >= 0.6 is 11.8 Å². The molecule has 5 nitrogen and oxygen atoms in total. The summed E-state index contributed by atoms with van der Waals surface area (Å²) in [5.74, 6) is 1.46. The zero-order chi connectivity index (χ0) is 22.7. The number of thioether (sulfide) groups is 1. The first-order valence-corrected chi connectivity index (χ1v) is 11.6. The van der Waals surface area contributed by atoms with E-state index in [-0.39, 0.29) is 12.1 Å². The Morgan fingerprint density at radius 1 is 0.938 bits per heavy atom. The molecular weight excluding hydrogens is 424 g/mol. The third kappa shape index (κ3) is 4.02. The van der Waals surface area contributed by atoms with Crippen molar-refractivity contribution in [3.8, 4) is 28.4 Å².